The number of rotatable bonds is 2. The smallest absolute Gasteiger partial charge is 0.331 e. The number of carboxylic acid groups (broad SMARTS) is 1. The molecule has 0 bridgehead atoms. The molecule has 10 heavy (non-hydrogen) atoms. The van der Waals surface area contributed by atoms with Gasteiger partial charge in [-0.05, 0) is 13.0 Å². The van der Waals surface area contributed by atoms with Crippen LogP contribution in [0.1, 0.15) is 6.92 Å². The maximum Gasteiger partial charge on any atom is 0.331 e. The summed E-state index contributed by atoms with van der Waals surface area (Å²) in [6.45, 7) is 4.70. The zero-order valence-corrected chi connectivity index (χ0v) is 5.59. The van der Waals surface area contributed by atoms with Crippen LogP contribution in [0.4, 0.5) is 0 Å². The highest BCUT2D eigenvalue weighted by Crippen LogP contribution is 1.97. The van der Waals surface area contributed by atoms with E-state index in [0.29, 0.717) is 0 Å². The summed E-state index contributed by atoms with van der Waals surface area (Å²) in [7, 11) is 0. The molecule has 3 nitrogen and oxygen atoms in total. The summed E-state index contributed by atoms with van der Waals surface area (Å²) >= 11 is 0. The fourth-order valence-corrected chi connectivity index (χ4v) is 0.355. The van der Waals surface area contributed by atoms with Crippen LogP contribution in [0.15, 0.2) is 23.8 Å². The van der Waals surface area contributed by atoms with Gasteiger partial charge in [0.2, 0.25) is 0 Å². The summed E-state index contributed by atoms with van der Waals surface area (Å²) in [6.07, 6.45) is 1.22. The summed E-state index contributed by atoms with van der Waals surface area (Å²) in [6, 6.07) is 1.72. The number of allylic oxidation sites excluding steroid dienone is 2. The normalized spacial score (nSPS) is 10.2. The maximum absolute atomic E-state index is 10.1. The highest BCUT2D eigenvalue weighted by Gasteiger charge is 1.98. The van der Waals surface area contributed by atoms with E-state index in [-0.39, 0.29) is 11.1 Å². The van der Waals surface area contributed by atoms with E-state index in [9.17, 15) is 4.79 Å². The monoisotopic (exact) mass is 137 g/mol. The Balaban J connectivity index is 4.35. The van der Waals surface area contributed by atoms with E-state index in [2.05, 4.69) is 6.58 Å². The number of aliphatic carboxylic acids is 1. The fourth-order valence-electron chi connectivity index (χ4n) is 0.355. The first-order valence-corrected chi connectivity index (χ1v) is 2.58. The van der Waals surface area contributed by atoms with Crippen LogP contribution in [-0.2, 0) is 4.79 Å². The Bertz CT molecular complexity index is 232. The van der Waals surface area contributed by atoms with Crippen molar-refractivity contribution >= 4 is 5.97 Å². The molecule has 0 unspecified atom stereocenters. The molecule has 0 rings (SSSR count). The maximum atomic E-state index is 10.1. The zero-order chi connectivity index (χ0) is 8.15. The van der Waals surface area contributed by atoms with Crippen molar-refractivity contribution in [3.05, 3.63) is 23.8 Å². The minimum absolute atomic E-state index is 0.117. The number of hydrogen-bond acceptors (Lipinski definition) is 2. The highest BCUT2D eigenvalue weighted by atomic mass is 16.4. The molecular weight excluding hydrogens is 130 g/mol. The van der Waals surface area contributed by atoms with Crippen molar-refractivity contribution in [2.45, 2.75) is 6.92 Å². The number of nitriles is 1. The first kappa shape index (κ1) is 8.44. The lowest BCUT2D eigenvalue weighted by Gasteiger charge is -1.88. The highest BCUT2D eigenvalue weighted by molar-refractivity contribution is 5.86. The van der Waals surface area contributed by atoms with E-state index in [1.165, 1.54) is 13.0 Å². The lowest BCUT2D eigenvalue weighted by atomic mass is 10.2. The molecule has 0 aliphatic carbocycles. The summed E-state index contributed by atoms with van der Waals surface area (Å²) in [4.78, 5) is 10.1. The van der Waals surface area contributed by atoms with Crippen molar-refractivity contribution in [3.63, 3.8) is 0 Å². The molecule has 0 aromatic rings. The Kier molecular flexibility index (Phi) is 2.92. The average Bonchev–Trinajstić information content (AvgIpc) is 1.87. The topological polar surface area (TPSA) is 61.1 Å². The van der Waals surface area contributed by atoms with Crippen LogP contribution < -0.4 is 0 Å². The first-order chi connectivity index (χ1) is 4.57. The third-order valence-electron chi connectivity index (χ3n) is 0.872. The molecule has 0 aliphatic heterocycles. The standard InChI is InChI=1S/C7H7NO2/c1-5(4-8)3-6(2)7(9)10/h3H,1H2,2H3,(H,9,10)/b6-3-. The van der Waals surface area contributed by atoms with Crippen molar-refractivity contribution in [1.82, 2.24) is 0 Å². The van der Waals surface area contributed by atoms with Gasteiger partial charge in [0, 0.05) is 11.1 Å². The van der Waals surface area contributed by atoms with E-state index in [1.54, 1.807) is 6.07 Å². The van der Waals surface area contributed by atoms with Crippen LogP contribution >= 0.6 is 0 Å². The molecule has 0 amide bonds. The quantitative estimate of drug-likeness (QED) is 0.352. The summed E-state index contributed by atoms with van der Waals surface area (Å²) < 4.78 is 0. The van der Waals surface area contributed by atoms with Crippen molar-refractivity contribution in [3.8, 4) is 6.07 Å². The second-order valence-electron chi connectivity index (χ2n) is 1.77. The minimum Gasteiger partial charge on any atom is -0.478 e. The molecule has 0 saturated heterocycles. The van der Waals surface area contributed by atoms with E-state index in [0.717, 1.165) is 0 Å². The van der Waals surface area contributed by atoms with E-state index in [4.69, 9.17) is 10.4 Å². The van der Waals surface area contributed by atoms with Gasteiger partial charge < -0.3 is 5.11 Å². The molecule has 1 N–H and O–H groups in total. The Morgan fingerprint density at radius 3 is 2.60 bits per heavy atom. The van der Waals surface area contributed by atoms with E-state index in [1.807, 2.05) is 0 Å². The van der Waals surface area contributed by atoms with Gasteiger partial charge in [0.25, 0.3) is 0 Å². The molecule has 0 spiro atoms. The molecule has 3 heteroatoms. The van der Waals surface area contributed by atoms with Crippen LogP contribution in [0.3, 0.4) is 0 Å². The van der Waals surface area contributed by atoms with Crippen LogP contribution in [0, 0.1) is 11.3 Å². The molecular formula is C7H7NO2. The molecule has 0 aromatic carbocycles. The molecule has 52 valence electrons. The van der Waals surface area contributed by atoms with Gasteiger partial charge in [0.05, 0.1) is 6.07 Å². The van der Waals surface area contributed by atoms with Gasteiger partial charge in [-0.15, -0.1) is 0 Å². The molecule has 0 radical (unpaired) electrons. The number of nitrogens with zero attached hydrogens (tertiary/aromatic N) is 1. The summed E-state index contributed by atoms with van der Waals surface area (Å²) in [5.41, 5.74) is 0.270. The van der Waals surface area contributed by atoms with Crippen molar-refractivity contribution in [2.24, 2.45) is 0 Å². The molecule has 0 aromatic heterocycles. The lowest BCUT2D eigenvalue weighted by molar-refractivity contribution is -0.132. The Hall–Kier alpha value is -1.56. The van der Waals surface area contributed by atoms with Crippen molar-refractivity contribution in [1.29, 1.82) is 5.26 Å². The van der Waals surface area contributed by atoms with Crippen molar-refractivity contribution < 1.29 is 9.90 Å². The Morgan fingerprint density at radius 1 is 1.80 bits per heavy atom. The van der Waals surface area contributed by atoms with E-state index < -0.39 is 5.97 Å². The molecule has 0 atom stereocenters. The molecule has 0 heterocycles. The number of hydrogen-bond donors (Lipinski definition) is 1. The number of carboxylic acids is 1. The predicted octanol–water partition coefficient (Wildman–Crippen LogP) is 1.10. The molecule has 0 fully saturated rings. The SMILES string of the molecule is C=C(C#N)/C=C(/C)C(=O)O. The third-order valence-corrected chi connectivity index (χ3v) is 0.872. The van der Waals surface area contributed by atoms with Gasteiger partial charge in [0.1, 0.15) is 0 Å². The molecule has 0 saturated carbocycles. The van der Waals surface area contributed by atoms with Gasteiger partial charge in [-0.3, -0.25) is 0 Å². The van der Waals surface area contributed by atoms with Crippen LogP contribution in [0.5, 0.6) is 0 Å². The van der Waals surface area contributed by atoms with Gasteiger partial charge in [-0.25, -0.2) is 4.79 Å². The van der Waals surface area contributed by atoms with Crippen molar-refractivity contribution in [2.75, 3.05) is 0 Å². The Labute approximate surface area is 58.9 Å². The van der Waals surface area contributed by atoms with E-state index >= 15 is 0 Å². The minimum atomic E-state index is -1.03. The molecule has 0 aliphatic rings. The zero-order valence-electron chi connectivity index (χ0n) is 5.59. The first-order valence-electron chi connectivity index (χ1n) is 2.58. The summed E-state index contributed by atoms with van der Waals surface area (Å²) in [5, 5.41) is 16.5. The lowest BCUT2D eigenvalue weighted by Crippen LogP contribution is -1.95. The van der Waals surface area contributed by atoms with Gasteiger partial charge in [-0.1, -0.05) is 6.58 Å². The largest absolute Gasteiger partial charge is 0.478 e. The second-order valence-corrected chi connectivity index (χ2v) is 1.77. The van der Waals surface area contributed by atoms with Crippen LogP contribution in [-0.4, -0.2) is 11.1 Å². The van der Waals surface area contributed by atoms with Crippen LogP contribution in [0.25, 0.3) is 0 Å². The third kappa shape index (κ3) is 2.68. The summed E-state index contributed by atoms with van der Waals surface area (Å²) in [5.74, 6) is -1.03. The van der Waals surface area contributed by atoms with Gasteiger partial charge in [-0.2, -0.15) is 5.26 Å². The van der Waals surface area contributed by atoms with Gasteiger partial charge in [0.15, 0.2) is 0 Å². The predicted molar refractivity (Wildman–Crippen MR) is 36.1 cm³/mol. The second kappa shape index (κ2) is 3.46. The average molecular weight is 137 g/mol. The number of carbonyl (C=O) groups is 1. The fraction of sp³-hybridized carbons (Fsp3) is 0.143. The van der Waals surface area contributed by atoms with Gasteiger partial charge >= 0.3 is 5.97 Å². The Morgan fingerprint density at radius 2 is 2.30 bits per heavy atom. The van der Waals surface area contributed by atoms with Crippen LogP contribution in [0.2, 0.25) is 0 Å².